The van der Waals surface area contributed by atoms with Gasteiger partial charge in [-0.1, -0.05) is 23.7 Å². The molecule has 0 spiro atoms. The summed E-state index contributed by atoms with van der Waals surface area (Å²) in [6.07, 6.45) is 8.38. The third kappa shape index (κ3) is 6.80. The van der Waals surface area contributed by atoms with Gasteiger partial charge in [0, 0.05) is 18.7 Å². The SMILES string of the molecule is Cn1c(=O)n(CCOC2CCCCO2)c(=O)c2c1nc(OCCOC1=CCCC(C=O)=C1)n2Cc1ccc(Cl)cc1. The summed E-state index contributed by atoms with van der Waals surface area (Å²) in [4.78, 5) is 42.5. The van der Waals surface area contributed by atoms with Crippen LogP contribution in [0.4, 0.5) is 0 Å². The van der Waals surface area contributed by atoms with Gasteiger partial charge in [0.1, 0.15) is 25.3 Å². The van der Waals surface area contributed by atoms with Crippen LogP contribution in [0.25, 0.3) is 11.2 Å². The molecule has 0 N–H and O–H groups in total. The van der Waals surface area contributed by atoms with Gasteiger partial charge in [-0.15, -0.1) is 0 Å². The third-order valence-electron chi connectivity index (χ3n) is 7.05. The molecule has 2 aromatic heterocycles. The van der Waals surface area contributed by atoms with Crippen LogP contribution in [-0.4, -0.2) is 57.7 Å². The van der Waals surface area contributed by atoms with Crippen molar-refractivity contribution in [3.05, 3.63) is 79.2 Å². The average molecular weight is 585 g/mol. The zero-order valence-electron chi connectivity index (χ0n) is 22.9. The summed E-state index contributed by atoms with van der Waals surface area (Å²) in [6, 6.07) is 7.42. The van der Waals surface area contributed by atoms with Gasteiger partial charge >= 0.3 is 5.69 Å². The van der Waals surface area contributed by atoms with Gasteiger partial charge in [0.2, 0.25) is 0 Å². The predicted molar refractivity (Wildman–Crippen MR) is 152 cm³/mol. The molecule has 5 rings (SSSR count). The van der Waals surface area contributed by atoms with Crippen LogP contribution in [0.15, 0.2) is 57.3 Å². The number of carbonyl (C=O) groups excluding carboxylic acids is 1. The highest BCUT2D eigenvalue weighted by Gasteiger charge is 2.22. The van der Waals surface area contributed by atoms with Crippen molar-refractivity contribution in [3.63, 3.8) is 0 Å². The van der Waals surface area contributed by atoms with E-state index in [1.165, 1.54) is 4.57 Å². The van der Waals surface area contributed by atoms with Crippen molar-refractivity contribution in [2.75, 3.05) is 26.4 Å². The van der Waals surface area contributed by atoms with E-state index in [9.17, 15) is 14.4 Å². The molecule has 1 saturated heterocycles. The van der Waals surface area contributed by atoms with E-state index in [4.69, 9.17) is 30.5 Å². The van der Waals surface area contributed by atoms with Crippen molar-refractivity contribution < 1.29 is 23.7 Å². The normalized spacial score (nSPS) is 17.3. The molecule has 0 bridgehead atoms. The lowest BCUT2D eigenvalue weighted by molar-refractivity contribution is -0.163. The number of allylic oxidation sites excluding steroid dienone is 3. The van der Waals surface area contributed by atoms with Crippen LogP contribution in [-0.2, 0) is 39.1 Å². The van der Waals surface area contributed by atoms with Gasteiger partial charge in [-0.2, -0.15) is 4.98 Å². The Morgan fingerprint density at radius 3 is 2.66 bits per heavy atom. The van der Waals surface area contributed by atoms with Crippen molar-refractivity contribution in [2.45, 2.75) is 51.5 Å². The van der Waals surface area contributed by atoms with Crippen LogP contribution >= 0.6 is 11.6 Å². The molecule has 3 aromatic rings. The van der Waals surface area contributed by atoms with Gasteiger partial charge in [0.05, 0.1) is 19.7 Å². The lowest BCUT2D eigenvalue weighted by Gasteiger charge is -2.22. The molecule has 1 aliphatic carbocycles. The van der Waals surface area contributed by atoms with E-state index < -0.39 is 11.2 Å². The number of nitrogens with zero attached hydrogens (tertiary/aromatic N) is 4. The highest BCUT2D eigenvalue weighted by molar-refractivity contribution is 6.30. The predicted octanol–water partition coefficient (Wildman–Crippen LogP) is 3.34. The van der Waals surface area contributed by atoms with E-state index in [1.54, 1.807) is 29.8 Å². The van der Waals surface area contributed by atoms with E-state index in [0.717, 1.165) is 42.1 Å². The van der Waals surface area contributed by atoms with E-state index in [2.05, 4.69) is 4.98 Å². The van der Waals surface area contributed by atoms with Crippen LogP contribution in [0.1, 0.15) is 37.7 Å². The lowest BCUT2D eigenvalue weighted by Crippen LogP contribution is -2.41. The molecule has 0 saturated carbocycles. The van der Waals surface area contributed by atoms with Crippen LogP contribution < -0.4 is 16.0 Å². The Morgan fingerprint density at radius 2 is 1.90 bits per heavy atom. The number of aldehydes is 1. The molecule has 1 fully saturated rings. The molecule has 41 heavy (non-hydrogen) atoms. The third-order valence-corrected chi connectivity index (χ3v) is 7.30. The number of benzene rings is 1. The van der Waals surface area contributed by atoms with Gasteiger partial charge in [-0.3, -0.25) is 23.3 Å². The zero-order chi connectivity index (χ0) is 28.8. The smallest absolute Gasteiger partial charge is 0.332 e. The topological polar surface area (TPSA) is 116 Å². The Labute approximate surface area is 241 Å². The molecule has 3 heterocycles. The molecular weight excluding hydrogens is 552 g/mol. The largest absolute Gasteiger partial charge is 0.490 e. The second-order valence-electron chi connectivity index (χ2n) is 9.92. The van der Waals surface area contributed by atoms with E-state index in [1.807, 2.05) is 18.2 Å². The van der Waals surface area contributed by atoms with E-state index >= 15 is 0 Å². The van der Waals surface area contributed by atoms with Crippen molar-refractivity contribution >= 4 is 29.1 Å². The fourth-order valence-corrected chi connectivity index (χ4v) is 5.00. The van der Waals surface area contributed by atoms with Crippen molar-refractivity contribution in [1.82, 2.24) is 18.7 Å². The first kappa shape index (κ1) is 28.8. The number of carbonyl (C=O) groups is 1. The van der Waals surface area contributed by atoms with Gasteiger partial charge in [0.15, 0.2) is 17.5 Å². The summed E-state index contributed by atoms with van der Waals surface area (Å²) in [5.74, 6) is 0.614. The second-order valence-corrected chi connectivity index (χ2v) is 10.4. The molecule has 0 radical (unpaired) electrons. The number of ether oxygens (including phenoxy) is 4. The Hall–Kier alpha value is -3.67. The molecule has 1 aromatic carbocycles. The molecule has 2 aliphatic rings. The number of aromatic nitrogens is 4. The maximum absolute atomic E-state index is 13.7. The van der Waals surface area contributed by atoms with E-state index in [0.29, 0.717) is 29.4 Å². The number of halogens is 1. The van der Waals surface area contributed by atoms with Crippen molar-refractivity contribution in [3.8, 4) is 6.01 Å². The summed E-state index contributed by atoms with van der Waals surface area (Å²) in [7, 11) is 1.57. The fraction of sp³-hybridized carbons (Fsp3) is 0.448. The Morgan fingerprint density at radius 1 is 1.10 bits per heavy atom. The molecule has 11 nitrogen and oxygen atoms in total. The minimum absolute atomic E-state index is 0.0723. The van der Waals surface area contributed by atoms with Crippen molar-refractivity contribution in [1.29, 1.82) is 0 Å². The molecule has 1 atom stereocenters. The number of hydrogen-bond acceptors (Lipinski definition) is 8. The lowest BCUT2D eigenvalue weighted by atomic mass is 10.1. The minimum Gasteiger partial charge on any atom is -0.490 e. The summed E-state index contributed by atoms with van der Waals surface area (Å²) in [6.45, 7) is 1.46. The zero-order valence-corrected chi connectivity index (χ0v) is 23.7. The van der Waals surface area contributed by atoms with Crippen LogP contribution in [0.5, 0.6) is 6.01 Å². The first-order chi connectivity index (χ1) is 19.9. The Kier molecular flexibility index (Phi) is 9.38. The van der Waals surface area contributed by atoms with Crippen LogP contribution in [0, 0.1) is 0 Å². The number of imidazole rings is 1. The van der Waals surface area contributed by atoms with Crippen molar-refractivity contribution in [2.24, 2.45) is 7.05 Å². The molecule has 0 amide bonds. The number of fused-ring (bicyclic) bond motifs is 1. The van der Waals surface area contributed by atoms with Gasteiger partial charge in [-0.05, 0) is 67.5 Å². The van der Waals surface area contributed by atoms with Gasteiger partial charge < -0.3 is 18.9 Å². The molecule has 1 aliphatic heterocycles. The highest BCUT2D eigenvalue weighted by Crippen LogP contribution is 2.22. The summed E-state index contributed by atoms with van der Waals surface area (Å²) in [5.41, 5.74) is 1.02. The molecule has 12 heteroatoms. The maximum atomic E-state index is 13.7. The standard InChI is InChI=1S/C29H33ClN4O7/c1-32-26-25(27(36)33(29(32)37)12-14-40-24-7-2-3-13-39-24)34(18-20-8-10-22(30)11-9-20)28(31-26)41-16-15-38-23-6-4-5-21(17-23)19-35/h6,8-11,17,19,24H,2-5,7,12-16,18H2,1H3. The van der Waals surface area contributed by atoms with Crippen LogP contribution in [0.2, 0.25) is 5.02 Å². The first-order valence-electron chi connectivity index (χ1n) is 13.7. The maximum Gasteiger partial charge on any atom is 0.332 e. The number of aryl methyl sites for hydroxylation is 1. The van der Waals surface area contributed by atoms with Gasteiger partial charge in [0.25, 0.3) is 11.6 Å². The fourth-order valence-electron chi connectivity index (χ4n) is 4.88. The summed E-state index contributed by atoms with van der Waals surface area (Å²) >= 11 is 6.08. The monoisotopic (exact) mass is 584 g/mol. The Balaban J connectivity index is 1.40. The second kappa shape index (κ2) is 13.3. The highest BCUT2D eigenvalue weighted by atomic mass is 35.5. The molecular formula is C29H33ClN4O7. The minimum atomic E-state index is -0.497. The van der Waals surface area contributed by atoms with Gasteiger partial charge in [-0.25, -0.2) is 4.79 Å². The summed E-state index contributed by atoms with van der Waals surface area (Å²) < 4.78 is 27.3. The first-order valence-corrected chi connectivity index (χ1v) is 14.1. The van der Waals surface area contributed by atoms with Crippen LogP contribution in [0.3, 0.4) is 0 Å². The molecule has 1 unspecified atom stereocenters. The number of rotatable bonds is 12. The average Bonchev–Trinajstić information content (AvgIpc) is 3.35. The summed E-state index contributed by atoms with van der Waals surface area (Å²) in [5, 5.41) is 0.591. The Bertz CT molecular complexity index is 1560. The number of hydrogen-bond donors (Lipinski definition) is 0. The quantitative estimate of drug-likeness (QED) is 0.235. The molecule has 218 valence electrons. The van der Waals surface area contributed by atoms with E-state index in [-0.39, 0.29) is 56.4 Å².